The lowest BCUT2D eigenvalue weighted by Crippen LogP contribution is -2.46. The van der Waals surface area contributed by atoms with Crippen LogP contribution in [0.15, 0.2) is 30.3 Å². The Kier molecular flexibility index (Phi) is 4.22. The third-order valence-electron chi connectivity index (χ3n) is 4.20. The topological polar surface area (TPSA) is 26.0 Å². The molecule has 1 saturated carbocycles. The van der Waals surface area contributed by atoms with Gasteiger partial charge in [-0.3, -0.25) is 0 Å². The fourth-order valence-electron chi connectivity index (χ4n) is 3.19. The lowest BCUT2D eigenvalue weighted by atomic mass is 9.64. The molecule has 1 heteroatoms. The predicted molar refractivity (Wildman–Crippen MR) is 73.8 cm³/mol. The summed E-state index contributed by atoms with van der Waals surface area (Å²) in [6, 6.07) is 11.2. The second-order valence-electron chi connectivity index (χ2n) is 5.30. The van der Waals surface area contributed by atoms with Crippen LogP contribution in [0.5, 0.6) is 0 Å². The highest BCUT2D eigenvalue weighted by molar-refractivity contribution is 5.29. The summed E-state index contributed by atoms with van der Waals surface area (Å²) in [5.41, 5.74) is 8.15. The molecule has 1 aromatic rings. The van der Waals surface area contributed by atoms with Crippen molar-refractivity contribution in [3.63, 3.8) is 0 Å². The second kappa shape index (κ2) is 5.68. The van der Waals surface area contributed by atoms with E-state index in [1.54, 1.807) is 0 Å². The number of benzene rings is 1. The molecule has 0 saturated heterocycles. The Morgan fingerprint density at radius 1 is 1.29 bits per heavy atom. The van der Waals surface area contributed by atoms with Crippen LogP contribution in [-0.2, 0) is 5.41 Å². The number of nitrogens with two attached hydrogens (primary N) is 1. The maximum absolute atomic E-state index is 6.51. The third-order valence-corrected chi connectivity index (χ3v) is 4.20. The zero-order valence-corrected chi connectivity index (χ0v) is 10.9. The van der Waals surface area contributed by atoms with E-state index in [0.717, 1.165) is 12.8 Å². The molecule has 93 valence electrons. The Morgan fingerprint density at radius 3 is 2.65 bits per heavy atom. The summed E-state index contributed by atoms with van der Waals surface area (Å²) >= 11 is 0. The van der Waals surface area contributed by atoms with Crippen molar-refractivity contribution in [1.82, 2.24) is 0 Å². The third kappa shape index (κ3) is 2.55. The molecule has 0 amide bonds. The number of hydrogen-bond acceptors (Lipinski definition) is 1. The van der Waals surface area contributed by atoms with Crippen LogP contribution in [0.1, 0.15) is 51.0 Å². The van der Waals surface area contributed by atoms with E-state index in [1.807, 2.05) is 0 Å². The quantitative estimate of drug-likeness (QED) is 0.836. The van der Waals surface area contributed by atoms with Crippen LogP contribution in [0.25, 0.3) is 0 Å². The molecule has 2 N–H and O–H groups in total. The fraction of sp³-hybridized carbons (Fsp3) is 0.562. The zero-order chi connectivity index (χ0) is 12.1. The van der Waals surface area contributed by atoms with Gasteiger partial charge in [-0.15, -0.1) is 0 Å². The summed E-state index contributed by atoms with van der Waals surface area (Å²) in [4.78, 5) is 0. The average molecular weight is 230 g/mol. The monoisotopic (exact) mass is 230 g/mol. The van der Waals surface area contributed by atoms with Crippen LogP contribution >= 0.6 is 0 Å². The van der Waals surface area contributed by atoms with E-state index in [9.17, 15) is 0 Å². The molecule has 1 aromatic carbocycles. The van der Waals surface area contributed by atoms with Crippen LogP contribution in [0.2, 0.25) is 0 Å². The predicted octanol–water partition coefficient (Wildman–Crippen LogP) is 3.83. The van der Waals surface area contributed by atoms with Gasteiger partial charge in [-0.05, 0) is 31.2 Å². The maximum atomic E-state index is 6.51. The van der Waals surface area contributed by atoms with Gasteiger partial charge in [-0.1, -0.05) is 56.5 Å². The molecule has 1 aliphatic carbocycles. The molecule has 2 rings (SSSR count). The molecular formula is C16H24N. The Balaban J connectivity index is 2.29. The van der Waals surface area contributed by atoms with Crippen LogP contribution in [0, 0.1) is 6.42 Å². The van der Waals surface area contributed by atoms with Gasteiger partial charge in [-0.2, -0.15) is 0 Å². The summed E-state index contributed by atoms with van der Waals surface area (Å²) in [7, 11) is 0. The van der Waals surface area contributed by atoms with Crippen LogP contribution in [0.3, 0.4) is 0 Å². The molecule has 0 aromatic heterocycles. The number of hydrogen-bond donors (Lipinski definition) is 1. The van der Waals surface area contributed by atoms with Gasteiger partial charge >= 0.3 is 0 Å². The lowest BCUT2D eigenvalue weighted by Gasteiger charge is -2.42. The fourth-order valence-corrected chi connectivity index (χ4v) is 3.19. The van der Waals surface area contributed by atoms with Gasteiger partial charge in [0, 0.05) is 11.5 Å². The van der Waals surface area contributed by atoms with Crippen molar-refractivity contribution in [3.05, 3.63) is 42.3 Å². The molecule has 0 bridgehead atoms. The molecule has 2 unspecified atom stereocenters. The minimum atomic E-state index is 0.204. The van der Waals surface area contributed by atoms with Crippen molar-refractivity contribution < 1.29 is 0 Å². The van der Waals surface area contributed by atoms with E-state index in [4.69, 9.17) is 5.73 Å². The van der Waals surface area contributed by atoms with Crippen LogP contribution in [0.4, 0.5) is 0 Å². The van der Waals surface area contributed by atoms with Crippen LogP contribution < -0.4 is 5.73 Å². The summed E-state index contributed by atoms with van der Waals surface area (Å²) in [5, 5.41) is 0. The van der Waals surface area contributed by atoms with Crippen LogP contribution in [-0.4, -0.2) is 6.04 Å². The highest BCUT2D eigenvalue weighted by Gasteiger charge is 2.38. The molecule has 1 fully saturated rings. The van der Waals surface area contributed by atoms with Gasteiger partial charge in [0.1, 0.15) is 0 Å². The Morgan fingerprint density at radius 2 is 2.06 bits per heavy atom. The first-order valence-corrected chi connectivity index (χ1v) is 6.92. The molecule has 1 radical (unpaired) electrons. The smallest absolute Gasteiger partial charge is 0.0136 e. The molecule has 17 heavy (non-hydrogen) atoms. The van der Waals surface area contributed by atoms with E-state index in [1.165, 1.54) is 31.2 Å². The minimum Gasteiger partial charge on any atom is -0.327 e. The van der Waals surface area contributed by atoms with Crippen molar-refractivity contribution in [2.45, 2.75) is 56.9 Å². The SMILES string of the molecule is CCCC(N)C1(c2ccccc2)C[CH]CCC1. The highest BCUT2D eigenvalue weighted by Crippen LogP contribution is 2.42. The molecule has 0 aliphatic heterocycles. The average Bonchev–Trinajstić information content (AvgIpc) is 2.41. The van der Waals surface area contributed by atoms with Gasteiger partial charge < -0.3 is 5.73 Å². The normalized spacial score (nSPS) is 21.1. The lowest BCUT2D eigenvalue weighted by molar-refractivity contribution is 0.265. The molecule has 1 aliphatic rings. The molecule has 2 atom stereocenters. The summed E-state index contributed by atoms with van der Waals surface area (Å²) < 4.78 is 0. The standard InChI is InChI=1S/C16H24N/c1-2-9-15(17)16(12-7-4-8-13-16)14-10-5-3-6-11-14/h3,5-7,10-11,15H,2,4,8-9,12-13,17H2,1H3. The van der Waals surface area contributed by atoms with E-state index < -0.39 is 0 Å². The minimum absolute atomic E-state index is 0.204. The summed E-state index contributed by atoms with van der Waals surface area (Å²) in [6.45, 7) is 2.23. The van der Waals surface area contributed by atoms with Crippen molar-refractivity contribution in [1.29, 1.82) is 0 Å². The maximum Gasteiger partial charge on any atom is 0.0136 e. The Labute approximate surface area is 105 Å². The van der Waals surface area contributed by atoms with Gasteiger partial charge in [0.25, 0.3) is 0 Å². The largest absolute Gasteiger partial charge is 0.327 e. The van der Waals surface area contributed by atoms with Crippen molar-refractivity contribution in [2.75, 3.05) is 0 Å². The zero-order valence-electron chi connectivity index (χ0n) is 10.9. The van der Waals surface area contributed by atoms with Crippen molar-refractivity contribution in [3.8, 4) is 0 Å². The van der Waals surface area contributed by atoms with Crippen molar-refractivity contribution >= 4 is 0 Å². The van der Waals surface area contributed by atoms with E-state index >= 15 is 0 Å². The van der Waals surface area contributed by atoms with E-state index in [2.05, 4.69) is 43.7 Å². The first-order chi connectivity index (χ1) is 8.29. The first kappa shape index (κ1) is 12.6. The highest BCUT2D eigenvalue weighted by atomic mass is 14.7. The summed E-state index contributed by atoms with van der Waals surface area (Å²) in [6.07, 6.45) is 9.68. The van der Waals surface area contributed by atoms with Gasteiger partial charge in [0.2, 0.25) is 0 Å². The van der Waals surface area contributed by atoms with Gasteiger partial charge in [-0.25, -0.2) is 0 Å². The van der Waals surface area contributed by atoms with E-state index in [0.29, 0.717) is 6.04 Å². The molecule has 0 spiro atoms. The molecule has 0 heterocycles. The second-order valence-corrected chi connectivity index (χ2v) is 5.30. The summed E-state index contributed by atoms with van der Waals surface area (Å²) in [5.74, 6) is 0. The van der Waals surface area contributed by atoms with Crippen molar-refractivity contribution in [2.24, 2.45) is 5.73 Å². The Hall–Kier alpha value is -0.820. The molecular weight excluding hydrogens is 206 g/mol. The number of rotatable bonds is 4. The molecule has 1 nitrogen and oxygen atoms in total. The van der Waals surface area contributed by atoms with E-state index in [-0.39, 0.29) is 5.41 Å². The van der Waals surface area contributed by atoms with Gasteiger partial charge in [0.05, 0.1) is 0 Å². The van der Waals surface area contributed by atoms with Gasteiger partial charge in [0.15, 0.2) is 0 Å². The Bertz CT molecular complexity index is 325. The first-order valence-electron chi connectivity index (χ1n) is 6.92.